The van der Waals surface area contributed by atoms with Gasteiger partial charge in [0.1, 0.15) is 16.8 Å². The van der Waals surface area contributed by atoms with Crippen molar-refractivity contribution in [1.29, 1.82) is 0 Å². The fourth-order valence-electron chi connectivity index (χ4n) is 1.98. The fraction of sp³-hybridized carbons (Fsp3) is 0.300. The number of halogens is 3. The highest BCUT2D eigenvalue weighted by molar-refractivity contribution is 9.10. The molecule has 1 aliphatic heterocycles. The van der Waals surface area contributed by atoms with Crippen molar-refractivity contribution >= 4 is 43.4 Å². The Morgan fingerprint density at radius 1 is 1.43 bits per heavy atom. The van der Waals surface area contributed by atoms with E-state index in [1.54, 1.807) is 0 Å². The van der Waals surface area contributed by atoms with E-state index in [1.165, 1.54) is 0 Å². The molecule has 0 saturated carbocycles. The quantitative estimate of drug-likeness (QED) is 0.450. The van der Waals surface area contributed by atoms with Gasteiger partial charge in [0.25, 0.3) is 5.69 Å². The normalized spacial score (nSPS) is 19.1. The van der Waals surface area contributed by atoms with Crippen molar-refractivity contribution in [3.63, 3.8) is 0 Å². The zero-order chi connectivity index (χ0) is 15.9. The summed E-state index contributed by atoms with van der Waals surface area (Å²) in [4.78, 5) is 22.6. The molecule has 0 aliphatic carbocycles. The van der Waals surface area contributed by atoms with E-state index in [9.17, 15) is 31.6 Å². The van der Waals surface area contributed by atoms with Crippen LogP contribution in [-0.4, -0.2) is 31.0 Å². The lowest BCUT2D eigenvalue weighted by Crippen LogP contribution is -2.27. The van der Waals surface area contributed by atoms with Crippen LogP contribution in [0.3, 0.4) is 0 Å². The van der Waals surface area contributed by atoms with Crippen LogP contribution < -0.4 is 4.90 Å². The minimum Gasteiger partial charge on any atom is -0.305 e. The number of rotatable bonds is 3. The van der Waals surface area contributed by atoms with Gasteiger partial charge >= 0.3 is 10.2 Å². The van der Waals surface area contributed by atoms with E-state index in [-0.39, 0.29) is 4.47 Å². The second kappa shape index (κ2) is 5.30. The molecule has 21 heavy (non-hydrogen) atoms. The molecule has 1 amide bonds. The van der Waals surface area contributed by atoms with Crippen LogP contribution in [0, 0.1) is 15.9 Å². The number of amides is 1. The smallest absolute Gasteiger partial charge is 0.305 e. The highest BCUT2D eigenvalue weighted by Crippen LogP contribution is 2.36. The molecule has 0 aromatic heterocycles. The molecule has 1 aromatic carbocycles. The van der Waals surface area contributed by atoms with Gasteiger partial charge in [0, 0.05) is 25.1 Å². The first-order chi connectivity index (χ1) is 9.61. The van der Waals surface area contributed by atoms with Gasteiger partial charge in [-0.25, -0.2) is 4.39 Å². The van der Waals surface area contributed by atoms with Crippen molar-refractivity contribution in [3.8, 4) is 0 Å². The summed E-state index contributed by atoms with van der Waals surface area (Å²) in [5.41, 5.74) is -0.995. The molecular weight excluding hydrogens is 378 g/mol. The number of nitro groups is 1. The van der Waals surface area contributed by atoms with Gasteiger partial charge in [0.2, 0.25) is 5.91 Å². The highest BCUT2D eigenvalue weighted by Gasteiger charge is 2.41. The summed E-state index contributed by atoms with van der Waals surface area (Å²) in [6.07, 6.45) is -0.645. The van der Waals surface area contributed by atoms with Crippen molar-refractivity contribution in [2.45, 2.75) is 11.7 Å². The predicted octanol–water partition coefficient (Wildman–Crippen LogP) is 1.90. The first-order valence-electron chi connectivity index (χ1n) is 5.48. The number of benzene rings is 1. The largest absolute Gasteiger partial charge is 0.307 e. The van der Waals surface area contributed by atoms with E-state index in [0.29, 0.717) is 4.90 Å². The first-order valence-corrected chi connectivity index (χ1v) is 7.72. The van der Waals surface area contributed by atoms with Gasteiger partial charge in [-0.1, -0.05) is 0 Å². The average molecular weight is 385 g/mol. The Hall–Kier alpha value is -1.62. The van der Waals surface area contributed by atoms with Gasteiger partial charge < -0.3 is 4.90 Å². The molecule has 1 aromatic rings. The molecular formula is C10H7BrF2N2O5S. The summed E-state index contributed by atoms with van der Waals surface area (Å²) in [6, 6.07) is 1.59. The number of nitrogens with zero attached hydrogens (tertiary/aromatic N) is 2. The van der Waals surface area contributed by atoms with Crippen molar-refractivity contribution in [2.24, 2.45) is 0 Å². The number of carbonyl (C=O) groups is 1. The lowest BCUT2D eigenvalue weighted by molar-refractivity contribution is -0.384. The predicted molar refractivity (Wildman–Crippen MR) is 71.5 cm³/mol. The zero-order valence-corrected chi connectivity index (χ0v) is 12.5. The van der Waals surface area contributed by atoms with Crippen LogP contribution in [0.4, 0.5) is 19.7 Å². The Morgan fingerprint density at radius 3 is 2.52 bits per heavy atom. The second-order valence-corrected chi connectivity index (χ2v) is 6.79. The number of anilines is 1. The Balaban J connectivity index is 2.50. The maximum atomic E-state index is 13.5. The standard InChI is InChI=1S/C10H7BrF2N2O5S/c11-6-2-9(15(17)18)8(3-7(6)12)14-4-5(1-10(14)16)21(13,19)20/h2-3,5H,1,4H2. The highest BCUT2D eigenvalue weighted by atomic mass is 79.9. The molecule has 1 fully saturated rings. The number of nitro benzene ring substituents is 1. The molecule has 1 atom stereocenters. The Kier molecular flexibility index (Phi) is 3.97. The van der Waals surface area contributed by atoms with Crippen LogP contribution >= 0.6 is 15.9 Å². The topological polar surface area (TPSA) is 97.6 Å². The van der Waals surface area contributed by atoms with Crippen LogP contribution in [0.5, 0.6) is 0 Å². The SMILES string of the molecule is O=C1CC(S(=O)(=O)F)CN1c1cc(F)c(Br)cc1[N+](=O)[O-]. The minimum absolute atomic E-state index is 0.181. The van der Waals surface area contributed by atoms with Crippen LogP contribution in [0.15, 0.2) is 16.6 Å². The van der Waals surface area contributed by atoms with Crippen molar-refractivity contribution in [3.05, 3.63) is 32.5 Å². The summed E-state index contributed by atoms with van der Waals surface area (Å²) >= 11 is 2.78. The molecule has 2 rings (SSSR count). The zero-order valence-electron chi connectivity index (χ0n) is 10.1. The summed E-state index contributed by atoms with van der Waals surface area (Å²) in [7, 11) is -4.96. The first kappa shape index (κ1) is 15.8. The maximum Gasteiger partial charge on any atom is 0.307 e. The molecule has 114 valence electrons. The van der Waals surface area contributed by atoms with Gasteiger partial charge in [-0.15, -0.1) is 3.89 Å². The summed E-state index contributed by atoms with van der Waals surface area (Å²) in [5.74, 6) is -1.69. The molecule has 1 heterocycles. The summed E-state index contributed by atoms with van der Waals surface area (Å²) < 4.78 is 48.0. The molecule has 0 bridgehead atoms. The molecule has 1 unspecified atom stereocenters. The lowest BCUT2D eigenvalue weighted by Gasteiger charge is -2.16. The van der Waals surface area contributed by atoms with Crippen molar-refractivity contribution < 1.29 is 26.4 Å². The molecule has 1 aliphatic rings. The second-order valence-electron chi connectivity index (χ2n) is 4.32. The number of hydrogen-bond donors (Lipinski definition) is 0. The van der Waals surface area contributed by atoms with Gasteiger partial charge in [0.05, 0.1) is 9.40 Å². The Morgan fingerprint density at radius 2 is 2.05 bits per heavy atom. The van der Waals surface area contributed by atoms with Gasteiger partial charge in [-0.3, -0.25) is 14.9 Å². The van der Waals surface area contributed by atoms with Crippen LogP contribution in [-0.2, 0) is 15.0 Å². The summed E-state index contributed by atoms with van der Waals surface area (Å²) in [5, 5.41) is 9.34. The van der Waals surface area contributed by atoms with E-state index in [1.807, 2.05) is 0 Å². The molecule has 0 spiro atoms. The van der Waals surface area contributed by atoms with E-state index < -0.39 is 56.5 Å². The molecule has 7 nitrogen and oxygen atoms in total. The van der Waals surface area contributed by atoms with Crippen LogP contribution in [0.2, 0.25) is 0 Å². The third-order valence-corrected chi connectivity index (χ3v) is 4.71. The molecule has 0 radical (unpaired) electrons. The van der Waals surface area contributed by atoms with Gasteiger partial charge in [-0.2, -0.15) is 8.42 Å². The third-order valence-electron chi connectivity index (χ3n) is 2.99. The van der Waals surface area contributed by atoms with Crippen molar-refractivity contribution in [2.75, 3.05) is 11.4 Å². The Labute approximate surface area is 126 Å². The molecule has 1 saturated heterocycles. The molecule has 11 heteroatoms. The van der Waals surface area contributed by atoms with Gasteiger partial charge in [-0.05, 0) is 15.9 Å². The molecule has 0 N–H and O–H groups in total. The van der Waals surface area contributed by atoms with Crippen LogP contribution in [0.1, 0.15) is 6.42 Å². The number of carbonyl (C=O) groups excluding carboxylic acids is 1. The van der Waals surface area contributed by atoms with E-state index >= 15 is 0 Å². The van der Waals surface area contributed by atoms with Crippen molar-refractivity contribution in [1.82, 2.24) is 0 Å². The van der Waals surface area contributed by atoms with E-state index in [2.05, 4.69) is 15.9 Å². The minimum atomic E-state index is -4.96. The van der Waals surface area contributed by atoms with E-state index in [0.717, 1.165) is 12.1 Å². The van der Waals surface area contributed by atoms with E-state index in [4.69, 9.17) is 0 Å². The monoisotopic (exact) mass is 384 g/mol. The van der Waals surface area contributed by atoms with Gasteiger partial charge in [0.15, 0.2) is 0 Å². The Bertz CT molecular complexity index is 739. The lowest BCUT2D eigenvalue weighted by atomic mass is 10.2. The number of hydrogen-bond acceptors (Lipinski definition) is 5. The maximum absolute atomic E-state index is 13.5. The fourth-order valence-corrected chi connectivity index (χ4v) is 2.98. The third kappa shape index (κ3) is 3.02. The summed E-state index contributed by atoms with van der Waals surface area (Å²) in [6.45, 7) is -0.598. The van der Waals surface area contributed by atoms with Crippen LogP contribution in [0.25, 0.3) is 0 Å². The average Bonchev–Trinajstić information content (AvgIpc) is 2.74.